The fourth-order valence-corrected chi connectivity index (χ4v) is 3.30. The van der Waals surface area contributed by atoms with Crippen LogP contribution in [0.15, 0.2) is 64.4 Å². The van der Waals surface area contributed by atoms with E-state index in [0.717, 1.165) is 0 Å². The number of aromatic nitrogens is 3. The van der Waals surface area contributed by atoms with Crippen LogP contribution in [0.2, 0.25) is 0 Å². The largest absolute Gasteiger partial charge is 0.768 e. The Balaban J connectivity index is 2.24. The fraction of sp³-hybridized carbons (Fsp3) is 0.0588. The molecule has 4 aromatic rings. The van der Waals surface area contributed by atoms with E-state index in [2.05, 4.69) is 5.10 Å². The highest BCUT2D eigenvalue weighted by Gasteiger charge is 2.15. The van der Waals surface area contributed by atoms with Crippen LogP contribution in [0.1, 0.15) is 0 Å². The molecule has 0 N–H and O–H groups in total. The molecule has 0 aliphatic carbocycles. The molecule has 24 heavy (non-hydrogen) atoms. The maximum atomic E-state index is 13.0. The van der Waals surface area contributed by atoms with Gasteiger partial charge in [-0.3, -0.25) is 18.3 Å². The van der Waals surface area contributed by atoms with E-state index < -0.39 is 11.1 Å². The zero-order valence-electron chi connectivity index (χ0n) is 12.7. The van der Waals surface area contributed by atoms with Crippen LogP contribution in [0.25, 0.3) is 27.5 Å². The van der Waals surface area contributed by atoms with Crippen LogP contribution in [0.5, 0.6) is 0 Å². The van der Waals surface area contributed by atoms with Gasteiger partial charge in [-0.15, -0.1) is 0 Å². The van der Waals surface area contributed by atoms with Crippen molar-refractivity contribution in [3.05, 3.63) is 65.1 Å². The van der Waals surface area contributed by atoms with Gasteiger partial charge in [0, 0.05) is 29.2 Å². The van der Waals surface area contributed by atoms with Gasteiger partial charge >= 0.3 is 0 Å². The summed E-state index contributed by atoms with van der Waals surface area (Å²) in [5.74, 6) is 0. The number of para-hydroxylation sites is 1. The molecule has 1 unspecified atom stereocenters. The van der Waals surface area contributed by atoms with Crippen LogP contribution >= 0.6 is 0 Å². The van der Waals surface area contributed by atoms with Crippen molar-refractivity contribution in [3.8, 4) is 5.69 Å². The summed E-state index contributed by atoms with van der Waals surface area (Å²) in [4.78, 5) is 13.1. The fourth-order valence-electron chi connectivity index (χ4n) is 2.91. The highest BCUT2D eigenvalue weighted by atomic mass is 32.2. The van der Waals surface area contributed by atoms with Gasteiger partial charge in [0.2, 0.25) is 0 Å². The number of fused-ring (bicyclic) bond motifs is 3. The lowest BCUT2D eigenvalue weighted by atomic mass is 10.1. The van der Waals surface area contributed by atoms with Gasteiger partial charge in [-0.1, -0.05) is 18.2 Å². The number of benzene rings is 2. The number of nitrogens with zero attached hydrogens (tertiary/aromatic N) is 3. The normalized spacial score (nSPS) is 12.8. The third kappa shape index (κ3) is 2.17. The Hall–Kier alpha value is -2.77. The van der Waals surface area contributed by atoms with Crippen LogP contribution in [0, 0.1) is 0 Å². The molecular weight excluding hydrogens is 326 g/mol. The summed E-state index contributed by atoms with van der Waals surface area (Å²) in [5.41, 5.74) is 1.64. The molecule has 0 bridgehead atoms. The van der Waals surface area contributed by atoms with Crippen molar-refractivity contribution in [1.29, 1.82) is 0 Å². The van der Waals surface area contributed by atoms with E-state index in [0.29, 0.717) is 27.5 Å². The third-order valence-corrected chi connectivity index (χ3v) is 4.57. The Labute approximate surface area is 139 Å². The molecule has 0 amide bonds. The van der Waals surface area contributed by atoms with Crippen molar-refractivity contribution in [1.82, 2.24) is 14.3 Å². The summed E-state index contributed by atoms with van der Waals surface area (Å²) in [6.45, 7) is 0. The monoisotopic (exact) mass is 338 g/mol. The second kappa shape index (κ2) is 5.40. The molecular formula is C17H12N3O3S-. The molecule has 0 aliphatic rings. The lowest BCUT2D eigenvalue weighted by molar-refractivity contribution is 0.537. The van der Waals surface area contributed by atoms with Crippen LogP contribution in [-0.4, -0.2) is 23.1 Å². The van der Waals surface area contributed by atoms with Crippen LogP contribution in [0.4, 0.5) is 0 Å². The first-order valence-electron chi connectivity index (χ1n) is 7.23. The van der Waals surface area contributed by atoms with Crippen molar-refractivity contribution >= 4 is 32.9 Å². The summed E-state index contributed by atoms with van der Waals surface area (Å²) in [7, 11) is 1.73. The molecule has 0 saturated heterocycles. The standard InChI is InChI=1S/C17H13N3O3S/c1-19-10-14-16(18-19)13-9-12(24(22)23)7-8-15(13)20(17(14)21)11-5-3-2-4-6-11/h2-10H,1H3,(H,22,23)/p-1. The molecule has 0 spiro atoms. The number of rotatable bonds is 2. The summed E-state index contributed by atoms with van der Waals surface area (Å²) >= 11 is -2.35. The summed E-state index contributed by atoms with van der Waals surface area (Å²) in [6, 6.07) is 13.9. The van der Waals surface area contributed by atoms with Crippen molar-refractivity contribution in [3.63, 3.8) is 0 Å². The van der Waals surface area contributed by atoms with Crippen LogP contribution in [0.3, 0.4) is 0 Å². The SMILES string of the molecule is Cn1cc2c(=O)n(-c3ccccc3)c3ccc(S(=O)[O-])cc3c2n1. The second-order valence-corrected chi connectivity index (χ2v) is 6.40. The minimum atomic E-state index is -2.35. The molecule has 6 nitrogen and oxygen atoms in total. The third-order valence-electron chi connectivity index (χ3n) is 3.93. The molecule has 0 radical (unpaired) electrons. The quantitative estimate of drug-likeness (QED) is 0.524. The molecule has 1 atom stereocenters. The highest BCUT2D eigenvalue weighted by Crippen LogP contribution is 2.25. The molecule has 2 heterocycles. The average Bonchev–Trinajstić information content (AvgIpc) is 2.98. The highest BCUT2D eigenvalue weighted by molar-refractivity contribution is 7.79. The first-order valence-corrected chi connectivity index (χ1v) is 8.30. The average molecular weight is 338 g/mol. The van der Waals surface area contributed by atoms with E-state index >= 15 is 0 Å². The Morgan fingerprint density at radius 1 is 1.08 bits per heavy atom. The van der Waals surface area contributed by atoms with Gasteiger partial charge in [0.1, 0.15) is 5.52 Å². The van der Waals surface area contributed by atoms with Gasteiger partial charge in [0.25, 0.3) is 5.56 Å². The Morgan fingerprint density at radius 3 is 2.54 bits per heavy atom. The number of aryl methyl sites for hydroxylation is 1. The molecule has 7 heteroatoms. The lowest BCUT2D eigenvalue weighted by Gasteiger charge is -2.13. The molecule has 0 saturated carbocycles. The van der Waals surface area contributed by atoms with Gasteiger partial charge < -0.3 is 4.55 Å². The molecule has 2 aromatic carbocycles. The first-order chi connectivity index (χ1) is 11.6. The Kier molecular flexibility index (Phi) is 3.33. The van der Waals surface area contributed by atoms with Crippen molar-refractivity contribution in [2.45, 2.75) is 4.90 Å². The van der Waals surface area contributed by atoms with E-state index in [-0.39, 0.29) is 10.5 Å². The van der Waals surface area contributed by atoms with Crippen molar-refractivity contribution in [2.24, 2.45) is 7.05 Å². The minimum Gasteiger partial charge on any atom is -0.768 e. The zero-order chi connectivity index (χ0) is 16.8. The Bertz CT molecular complexity index is 1160. The first kappa shape index (κ1) is 14.8. The second-order valence-electron chi connectivity index (χ2n) is 5.45. The smallest absolute Gasteiger partial charge is 0.266 e. The molecule has 120 valence electrons. The zero-order valence-corrected chi connectivity index (χ0v) is 13.5. The van der Waals surface area contributed by atoms with Crippen molar-refractivity contribution in [2.75, 3.05) is 0 Å². The summed E-state index contributed by atoms with van der Waals surface area (Å²) in [5, 5.41) is 5.41. The van der Waals surface area contributed by atoms with E-state index in [1.165, 1.54) is 6.07 Å². The molecule has 0 aliphatic heterocycles. The summed E-state index contributed by atoms with van der Waals surface area (Å²) < 4.78 is 25.8. The predicted molar refractivity (Wildman–Crippen MR) is 91.0 cm³/mol. The maximum Gasteiger partial charge on any atom is 0.266 e. The molecule has 4 rings (SSSR count). The maximum absolute atomic E-state index is 13.0. The summed E-state index contributed by atoms with van der Waals surface area (Å²) in [6.07, 6.45) is 1.65. The lowest BCUT2D eigenvalue weighted by Crippen LogP contribution is -2.18. The molecule has 0 fully saturated rings. The van der Waals surface area contributed by atoms with E-state index in [1.807, 2.05) is 30.3 Å². The van der Waals surface area contributed by atoms with Gasteiger partial charge in [0.15, 0.2) is 0 Å². The van der Waals surface area contributed by atoms with E-state index in [4.69, 9.17) is 0 Å². The van der Waals surface area contributed by atoms with E-state index in [9.17, 15) is 13.6 Å². The van der Waals surface area contributed by atoms with Crippen LogP contribution < -0.4 is 5.56 Å². The minimum absolute atomic E-state index is 0.160. The van der Waals surface area contributed by atoms with Gasteiger partial charge in [-0.25, -0.2) is 0 Å². The van der Waals surface area contributed by atoms with E-state index in [1.54, 1.807) is 34.6 Å². The van der Waals surface area contributed by atoms with Gasteiger partial charge in [-0.05, 0) is 41.4 Å². The van der Waals surface area contributed by atoms with Gasteiger partial charge in [0.05, 0.1) is 10.9 Å². The Morgan fingerprint density at radius 2 is 1.83 bits per heavy atom. The number of hydrogen-bond donors (Lipinski definition) is 0. The van der Waals surface area contributed by atoms with Gasteiger partial charge in [-0.2, -0.15) is 5.10 Å². The number of pyridine rings is 1. The number of hydrogen-bond acceptors (Lipinski definition) is 4. The van der Waals surface area contributed by atoms with Crippen molar-refractivity contribution < 1.29 is 8.76 Å². The van der Waals surface area contributed by atoms with Crippen LogP contribution in [-0.2, 0) is 18.1 Å². The predicted octanol–water partition coefficient (Wildman–Crippen LogP) is 2.12. The topological polar surface area (TPSA) is 80.0 Å². The molecule has 2 aromatic heterocycles.